The van der Waals surface area contributed by atoms with E-state index >= 15 is 0 Å². The molecule has 0 aliphatic heterocycles. The van der Waals surface area contributed by atoms with Crippen molar-refractivity contribution in [2.45, 2.75) is 58.9 Å². The summed E-state index contributed by atoms with van der Waals surface area (Å²) in [6, 6.07) is 0.370. The van der Waals surface area contributed by atoms with Crippen LogP contribution >= 0.6 is 0 Å². The predicted molar refractivity (Wildman–Crippen MR) is 64.5 cm³/mol. The fourth-order valence-corrected chi connectivity index (χ4v) is 1.54. The van der Waals surface area contributed by atoms with Crippen molar-refractivity contribution in [3.8, 4) is 0 Å². The second-order valence-electron chi connectivity index (χ2n) is 4.33. The first-order valence-corrected chi connectivity index (χ1v) is 6.24. The molecule has 4 heteroatoms. The Bertz CT molecular complexity index is 298. The lowest BCUT2D eigenvalue weighted by Gasteiger charge is -2.17. The maximum atomic E-state index is 5.28. The van der Waals surface area contributed by atoms with E-state index in [-0.39, 0.29) is 5.92 Å². The second kappa shape index (κ2) is 6.63. The third-order valence-electron chi connectivity index (χ3n) is 2.81. The van der Waals surface area contributed by atoms with E-state index < -0.39 is 0 Å². The van der Waals surface area contributed by atoms with Gasteiger partial charge >= 0.3 is 0 Å². The molecule has 0 aliphatic rings. The van der Waals surface area contributed by atoms with Crippen molar-refractivity contribution < 1.29 is 4.52 Å². The summed E-state index contributed by atoms with van der Waals surface area (Å²) in [6.07, 6.45) is 3.09. The zero-order valence-corrected chi connectivity index (χ0v) is 10.8. The van der Waals surface area contributed by atoms with Gasteiger partial charge in [0.1, 0.15) is 0 Å². The quantitative estimate of drug-likeness (QED) is 0.774. The molecular weight excluding hydrogens is 202 g/mol. The van der Waals surface area contributed by atoms with E-state index in [4.69, 9.17) is 4.52 Å². The largest absolute Gasteiger partial charge is 0.339 e. The molecule has 1 N–H and O–H groups in total. The summed E-state index contributed by atoms with van der Waals surface area (Å²) in [5, 5.41) is 7.42. The zero-order chi connectivity index (χ0) is 12.0. The minimum absolute atomic E-state index is 0.268. The Balaban J connectivity index is 2.53. The Morgan fingerprint density at radius 3 is 2.62 bits per heavy atom. The minimum atomic E-state index is 0.268. The van der Waals surface area contributed by atoms with E-state index in [2.05, 4.69) is 43.2 Å². The molecule has 4 nitrogen and oxygen atoms in total. The van der Waals surface area contributed by atoms with Crippen LogP contribution in [-0.4, -0.2) is 22.7 Å². The maximum Gasteiger partial charge on any atom is 0.231 e. The lowest BCUT2D eigenvalue weighted by Crippen LogP contribution is -2.31. The van der Waals surface area contributed by atoms with E-state index in [0.29, 0.717) is 6.04 Å². The molecule has 0 bridgehead atoms. The Labute approximate surface area is 97.8 Å². The molecule has 2 atom stereocenters. The van der Waals surface area contributed by atoms with Gasteiger partial charge in [-0.1, -0.05) is 25.9 Å². The third-order valence-corrected chi connectivity index (χ3v) is 2.81. The van der Waals surface area contributed by atoms with Crippen LogP contribution in [0.1, 0.15) is 58.2 Å². The number of nitrogens with zero attached hydrogens (tertiary/aromatic N) is 2. The summed E-state index contributed by atoms with van der Waals surface area (Å²) in [5.74, 6) is 1.84. The summed E-state index contributed by atoms with van der Waals surface area (Å²) in [6.45, 7) is 9.59. The molecule has 92 valence electrons. The Kier molecular flexibility index (Phi) is 5.46. The van der Waals surface area contributed by atoms with E-state index in [1.807, 2.05) is 0 Å². The molecule has 2 unspecified atom stereocenters. The van der Waals surface area contributed by atoms with Crippen LogP contribution in [0.15, 0.2) is 4.52 Å². The fourth-order valence-electron chi connectivity index (χ4n) is 1.54. The molecule has 0 saturated heterocycles. The summed E-state index contributed by atoms with van der Waals surface area (Å²) in [7, 11) is 0. The van der Waals surface area contributed by atoms with Crippen molar-refractivity contribution in [1.82, 2.24) is 15.5 Å². The normalized spacial score (nSPS) is 15.0. The van der Waals surface area contributed by atoms with Crippen molar-refractivity contribution in [2.75, 3.05) is 6.54 Å². The zero-order valence-electron chi connectivity index (χ0n) is 10.8. The van der Waals surface area contributed by atoms with Gasteiger partial charge in [-0.05, 0) is 26.3 Å². The number of aryl methyl sites for hydroxylation is 1. The standard InChI is InChI=1S/C12H23N3O/c1-5-7-11-14-12(16-15-11)9(3)10(4)13-8-6-2/h9-10,13H,5-8H2,1-4H3. The topological polar surface area (TPSA) is 51.0 Å². The highest BCUT2D eigenvalue weighted by Gasteiger charge is 2.19. The van der Waals surface area contributed by atoms with Gasteiger partial charge in [0.25, 0.3) is 0 Å². The first-order chi connectivity index (χ1) is 7.69. The van der Waals surface area contributed by atoms with Crippen LogP contribution in [0.3, 0.4) is 0 Å². The van der Waals surface area contributed by atoms with Crippen molar-refractivity contribution >= 4 is 0 Å². The monoisotopic (exact) mass is 225 g/mol. The Morgan fingerprint density at radius 2 is 2.00 bits per heavy atom. The van der Waals surface area contributed by atoms with Crippen LogP contribution < -0.4 is 5.32 Å². The molecule has 1 aromatic heterocycles. The van der Waals surface area contributed by atoms with Crippen LogP contribution in [0.2, 0.25) is 0 Å². The molecule has 1 heterocycles. The smallest absolute Gasteiger partial charge is 0.231 e. The highest BCUT2D eigenvalue weighted by atomic mass is 16.5. The van der Waals surface area contributed by atoms with Gasteiger partial charge in [0.2, 0.25) is 5.89 Å². The number of hydrogen-bond acceptors (Lipinski definition) is 4. The van der Waals surface area contributed by atoms with Crippen molar-refractivity contribution in [3.05, 3.63) is 11.7 Å². The Hall–Kier alpha value is -0.900. The predicted octanol–water partition coefficient (Wildman–Crippen LogP) is 2.51. The first kappa shape index (κ1) is 13.2. The summed E-state index contributed by atoms with van der Waals surface area (Å²) < 4.78 is 5.28. The van der Waals surface area contributed by atoms with Gasteiger partial charge in [-0.3, -0.25) is 0 Å². The molecule has 0 aromatic carbocycles. The van der Waals surface area contributed by atoms with E-state index in [1.165, 1.54) is 0 Å². The first-order valence-electron chi connectivity index (χ1n) is 6.24. The molecule has 0 radical (unpaired) electrons. The molecular formula is C12H23N3O. The van der Waals surface area contributed by atoms with Gasteiger partial charge in [-0.25, -0.2) is 0 Å². The van der Waals surface area contributed by atoms with Crippen molar-refractivity contribution in [2.24, 2.45) is 0 Å². The molecule has 1 aromatic rings. The van der Waals surface area contributed by atoms with Gasteiger partial charge in [-0.15, -0.1) is 0 Å². The van der Waals surface area contributed by atoms with Gasteiger partial charge in [0, 0.05) is 12.5 Å². The van der Waals surface area contributed by atoms with Gasteiger partial charge in [0.15, 0.2) is 5.82 Å². The van der Waals surface area contributed by atoms with E-state index in [1.54, 1.807) is 0 Å². The van der Waals surface area contributed by atoms with E-state index in [0.717, 1.165) is 37.5 Å². The van der Waals surface area contributed by atoms with Crippen LogP contribution in [-0.2, 0) is 6.42 Å². The van der Waals surface area contributed by atoms with Gasteiger partial charge in [0.05, 0.1) is 5.92 Å². The molecule has 0 saturated carbocycles. The van der Waals surface area contributed by atoms with Gasteiger partial charge in [-0.2, -0.15) is 4.98 Å². The molecule has 0 fully saturated rings. The van der Waals surface area contributed by atoms with Crippen molar-refractivity contribution in [1.29, 1.82) is 0 Å². The molecule has 0 spiro atoms. The fraction of sp³-hybridized carbons (Fsp3) is 0.833. The highest BCUT2D eigenvalue weighted by molar-refractivity contribution is 4.96. The Morgan fingerprint density at radius 1 is 1.25 bits per heavy atom. The van der Waals surface area contributed by atoms with Crippen LogP contribution in [0, 0.1) is 0 Å². The SMILES string of the molecule is CCCNC(C)C(C)c1nc(CCC)no1. The molecule has 16 heavy (non-hydrogen) atoms. The second-order valence-corrected chi connectivity index (χ2v) is 4.33. The number of nitrogens with one attached hydrogen (secondary N) is 1. The summed E-state index contributed by atoms with van der Waals surface area (Å²) in [4.78, 5) is 4.41. The van der Waals surface area contributed by atoms with Crippen LogP contribution in [0.25, 0.3) is 0 Å². The minimum Gasteiger partial charge on any atom is -0.339 e. The maximum absolute atomic E-state index is 5.28. The number of rotatable bonds is 7. The summed E-state index contributed by atoms with van der Waals surface area (Å²) in [5.41, 5.74) is 0. The molecule has 1 rings (SSSR count). The number of hydrogen-bond donors (Lipinski definition) is 1. The summed E-state index contributed by atoms with van der Waals surface area (Å²) >= 11 is 0. The average molecular weight is 225 g/mol. The molecule has 0 aliphatic carbocycles. The van der Waals surface area contributed by atoms with Gasteiger partial charge < -0.3 is 9.84 Å². The number of aromatic nitrogens is 2. The van der Waals surface area contributed by atoms with Crippen LogP contribution in [0.5, 0.6) is 0 Å². The lowest BCUT2D eigenvalue weighted by molar-refractivity contribution is 0.328. The van der Waals surface area contributed by atoms with E-state index in [9.17, 15) is 0 Å². The van der Waals surface area contributed by atoms with Crippen molar-refractivity contribution in [3.63, 3.8) is 0 Å². The van der Waals surface area contributed by atoms with Crippen LogP contribution in [0.4, 0.5) is 0 Å². The lowest BCUT2D eigenvalue weighted by atomic mass is 10.0. The average Bonchev–Trinajstić information content (AvgIpc) is 2.74. The highest BCUT2D eigenvalue weighted by Crippen LogP contribution is 2.17. The molecule has 0 amide bonds. The third kappa shape index (κ3) is 3.59.